The molecule has 1 saturated carbocycles. The average Bonchev–Trinajstić information content (AvgIpc) is 3.72. The number of nitrogens with zero attached hydrogens (tertiary/aromatic N) is 5. The van der Waals surface area contributed by atoms with Gasteiger partial charge in [-0.2, -0.15) is 9.49 Å². The Hall–Kier alpha value is -4.58. The van der Waals surface area contributed by atoms with Crippen molar-refractivity contribution in [2.45, 2.75) is 32.1 Å². The van der Waals surface area contributed by atoms with Crippen LogP contribution in [0.15, 0.2) is 49.1 Å². The van der Waals surface area contributed by atoms with E-state index < -0.39 is 5.82 Å². The van der Waals surface area contributed by atoms with Gasteiger partial charge in [-0.25, -0.2) is 19.3 Å². The zero-order valence-electron chi connectivity index (χ0n) is 21.0. The topological polar surface area (TPSA) is 125 Å². The van der Waals surface area contributed by atoms with Crippen molar-refractivity contribution >= 4 is 45.1 Å². The first-order valence-electron chi connectivity index (χ1n) is 12.9. The minimum absolute atomic E-state index is 0.0155. The first kappa shape index (κ1) is 24.5. The number of aromatic nitrogens is 7. The highest BCUT2D eigenvalue weighted by Crippen LogP contribution is 2.36. The van der Waals surface area contributed by atoms with Gasteiger partial charge in [-0.15, -0.1) is 11.3 Å². The molecule has 6 heterocycles. The lowest BCUT2D eigenvalue weighted by atomic mass is 9.88. The van der Waals surface area contributed by atoms with Gasteiger partial charge in [0, 0.05) is 46.1 Å². The number of carbonyl (C=O) groups is 1. The third-order valence-electron chi connectivity index (χ3n) is 7.28. The molecule has 0 atom stereocenters. The summed E-state index contributed by atoms with van der Waals surface area (Å²) in [4.78, 5) is 34.1. The lowest BCUT2D eigenvalue weighted by Gasteiger charge is -2.20. The second kappa shape index (κ2) is 9.87. The van der Waals surface area contributed by atoms with Crippen LogP contribution >= 0.6 is 11.3 Å². The number of rotatable bonds is 5. The molecule has 0 saturated heterocycles. The Bertz CT molecular complexity index is 1890. The molecule has 0 bridgehead atoms. The summed E-state index contributed by atoms with van der Waals surface area (Å²) >= 11 is 1.02. The number of carbonyl (C=O) groups excluding carboxylic acids is 1. The van der Waals surface area contributed by atoms with Gasteiger partial charge >= 0.3 is 0 Å². The fourth-order valence-electron chi connectivity index (χ4n) is 5.28. The molecule has 200 valence electrons. The fourth-order valence-corrected chi connectivity index (χ4v) is 6.04. The Labute approximate surface area is 230 Å². The molecule has 0 unspecified atom stereocenters. The summed E-state index contributed by atoms with van der Waals surface area (Å²) in [6, 6.07) is 6.56. The van der Waals surface area contributed by atoms with Gasteiger partial charge in [0.15, 0.2) is 22.2 Å². The van der Waals surface area contributed by atoms with Crippen LogP contribution in [0.1, 0.15) is 32.1 Å². The van der Waals surface area contributed by atoms with E-state index in [1.165, 1.54) is 18.5 Å². The van der Waals surface area contributed by atoms with Crippen LogP contribution in [0, 0.1) is 16.9 Å². The van der Waals surface area contributed by atoms with E-state index in [1.54, 1.807) is 30.6 Å². The Morgan fingerprint density at radius 1 is 1.00 bits per heavy atom. The van der Waals surface area contributed by atoms with Crippen LogP contribution in [0.25, 0.3) is 55.3 Å². The fraction of sp³-hybridized carbons (Fsp3) is 0.214. The van der Waals surface area contributed by atoms with Gasteiger partial charge in [-0.1, -0.05) is 19.3 Å². The summed E-state index contributed by atoms with van der Waals surface area (Å²) in [5, 5.41) is 9.81. The van der Waals surface area contributed by atoms with E-state index >= 15 is 4.39 Å². The van der Waals surface area contributed by atoms with Gasteiger partial charge in [0.05, 0.1) is 22.8 Å². The zero-order chi connectivity index (χ0) is 27.2. The molecule has 0 spiro atoms. The van der Waals surface area contributed by atoms with Crippen molar-refractivity contribution in [3.63, 3.8) is 0 Å². The Morgan fingerprint density at radius 3 is 2.70 bits per heavy atom. The van der Waals surface area contributed by atoms with E-state index in [-0.39, 0.29) is 33.6 Å². The van der Waals surface area contributed by atoms with Crippen molar-refractivity contribution < 1.29 is 13.6 Å². The third kappa shape index (κ3) is 4.30. The highest BCUT2D eigenvalue weighted by molar-refractivity contribution is 7.14. The molecule has 1 aliphatic rings. The number of hydrogen-bond acceptors (Lipinski definition) is 7. The lowest BCUT2D eigenvalue weighted by molar-refractivity contribution is -0.120. The van der Waals surface area contributed by atoms with Crippen molar-refractivity contribution in [1.29, 1.82) is 0 Å². The molecular weight excluding hydrogens is 534 g/mol. The quantitative estimate of drug-likeness (QED) is 0.223. The summed E-state index contributed by atoms with van der Waals surface area (Å²) in [5.74, 6) is -0.287. The van der Waals surface area contributed by atoms with Gasteiger partial charge < -0.3 is 10.3 Å². The maximum atomic E-state index is 16.1. The summed E-state index contributed by atoms with van der Waals surface area (Å²) in [6.07, 6.45) is 11.1. The van der Waals surface area contributed by atoms with Gasteiger partial charge in [0.25, 0.3) is 0 Å². The maximum absolute atomic E-state index is 16.1. The largest absolute Gasteiger partial charge is 0.335 e. The molecule has 6 aromatic rings. The number of hydrogen-bond donors (Lipinski definition) is 3. The first-order chi connectivity index (χ1) is 19.5. The number of imidazole rings is 1. The van der Waals surface area contributed by atoms with Crippen LogP contribution in [0.3, 0.4) is 0 Å². The summed E-state index contributed by atoms with van der Waals surface area (Å²) < 4.78 is 29.8. The van der Waals surface area contributed by atoms with E-state index in [0.717, 1.165) is 49.0 Å². The number of amides is 1. The number of anilines is 1. The smallest absolute Gasteiger partial charge is 0.227 e. The monoisotopic (exact) mass is 556 g/mol. The number of halogens is 2. The van der Waals surface area contributed by atoms with E-state index in [2.05, 4.69) is 40.4 Å². The number of nitrogens with one attached hydrogen (secondary N) is 3. The SMILES string of the molecule is O=C(Nc1cncc(-c2cnc3n[nH]c(-c4nc5nccc(-c6ccc(F)s6)c5[nH]4)c3c2F)c1)C1CCCCC1. The van der Waals surface area contributed by atoms with Gasteiger partial charge in [-0.05, 0) is 37.1 Å². The normalized spacial score (nSPS) is 14.2. The molecule has 0 radical (unpaired) electrons. The molecule has 3 N–H and O–H groups in total. The molecule has 6 aromatic heterocycles. The standard InChI is InChI=1S/C28H22F2N8OS/c29-20-7-6-19(40-20)17-8-9-32-26-23(17)35-27(36-26)24-21-22(30)18(13-33-25(21)38-37-24)15-10-16(12-31-11-15)34-28(39)14-4-2-1-3-5-14/h6-14H,1-5H2,(H,34,39)(H,32,35,36)(H,33,37,38). The Morgan fingerprint density at radius 2 is 1.88 bits per heavy atom. The van der Waals surface area contributed by atoms with Crippen molar-refractivity contribution in [2.75, 3.05) is 5.32 Å². The summed E-state index contributed by atoms with van der Waals surface area (Å²) in [7, 11) is 0. The van der Waals surface area contributed by atoms with Crippen LogP contribution in [0.4, 0.5) is 14.5 Å². The predicted octanol–water partition coefficient (Wildman–Crippen LogP) is 6.48. The molecule has 7 rings (SSSR count). The van der Waals surface area contributed by atoms with Crippen molar-refractivity contribution in [3.8, 4) is 33.1 Å². The second-order valence-corrected chi connectivity index (χ2v) is 10.8. The number of fused-ring (bicyclic) bond motifs is 2. The molecule has 1 amide bonds. The number of H-pyrrole nitrogens is 2. The Kier molecular flexibility index (Phi) is 6.03. The number of thiophene rings is 1. The van der Waals surface area contributed by atoms with E-state index in [9.17, 15) is 9.18 Å². The molecule has 12 heteroatoms. The number of aromatic amines is 2. The van der Waals surface area contributed by atoms with Crippen molar-refractivity contribution in [3.05, 3.63) is 60.0 Å². The van der Waals surface area contributed by atoms with Crippen LogP contribution in [-0.2, 0) is 4.79 Å². The minimum atomic E-state index is -0.555. The highest BCUT2D eigenvalue weighted by Gasteiger charge is 2.23. The van der Waals surface area contributed by atoms with Gasteiger partial charge in [0.2, 0.25) is 5.91 Å². The second-order valence-electron chi connectivity index (χ2n) is 9.82. The van der Waals surface area contributed by atoms with Crippen molar-refractivity contribution in [1.82, 2.24) is 35.1 Å². The first-order valence-corrected chi connectivity index (χ1v) is 13.8. The lowest BCUT2D eigenvalue weighted by Crippen LogP contribution is -2.24. The summed E-state index contributed by atoms with van der Waals surface area (Å²) in [5.41, 5.74) is 3.39. The average molecular weight is 557 g/mol. The molecule has 0 aliphatic heterocycles. The Balaban J connectivity index is 1.26. The molecule has 1 aliphatic carbocycles. The molecule has 0 aromatic carbocycles. The van der Waals surface area contributed by atoms with Gasteiger partial charge in [-0.3, -0.25) is 14.9 Å². The number of pyridine rings is 3. The minimum Gasteiger partial charge on any atom is -0.335 e. The molecular formula is C28H22F2N8OS. The van der Waals surface area contributed by atoms with Crippen molar-refractivity contribution in [2.24, 2.45) is 5.92 Å². The van der Waals surface area contributed by atoms with Crippen LogP contribution in [0.2, 0.25) is 0 Å². The van der Waals surface area contributed by atoms with Crippen LogP contribution < -0.4 is 5.32 Å². The van der Waals surface area contributed by atoms with E-state index in [1.807, 2.05) is 0 Å². The van der Waals surface area contributed by atoms with E-state index in [0.29, 0.717) is 38.8 Å². The van der Waals surface area contributed by atoms with Gasteiger partial charge in [0.1, 0.15) is 11.5 Å². The summed E-state index contributed by atoms with van der Waals surface area (Å²) in [6.45, 7) is 0. The molecule has 40 heavy (non-hydrogen) atoms. The van der Waals surface area contributed by atoms with Crippen LogP contribution in [0.5, 0.6) is 0 Å². The van der Waals surface area contributed by atoms with E-state index in [4.69, 9.17) is 0 Å². The molecule has 1 fully saturated rings. The zero-order valence-corrected chi connectivity index (χ0v) is 21.9. The van der Waals surface area contributed by atoms with Crippen LogP contribution in [-0.4, -0.2) is 41.0 Å². The maximum Gasteiger partial charge on any atom is 0.227 e. The third-order valence-corrected chi connectivity index (χ3v) is 8.19. The predicted molar refractivity (Wildman–Crippen MR) is 148 cm³/mol. The molecule has 9 nitrogen and oxygen atoms in total. The highest BCUT2D eigenvalue weighted by atomic mass is 32.1.